The summed E-state index contributed by atoms with van der Waals surface area (Å²) in [6.45, 7) is 5.91. The first-order chi connectivity index (χ1) is 11.4. The van der Waals surface area contributed by atoms with Crippen LogP contribution in [0.15, 0.2) is 48.5 Å². The molecule has 2 N–H and O–H groups in total. The standard InChI is InChI=1S/C19H22N2O3/c1-13(2)21(12-15-7-5-4-6-8-15)19(24)18(23)20-16-11-14(3)9-10-17(16)22/h4-11,13,22H,12H2,1-3H3,(H,20,23). The lowest BCUT2D eigenvalue weighted by Crippen LogP contribution is -2.43. The van der Waals surface area contributed by atoms with Gasteiger partial charge in [-0.15, -0.1) is 0 Å². The Bertz CT molecular complexity index is 727. The van der Waals surface area contributed by atoms with Crippen molar-refractivity contribution in [3.63, 3.8) is 0 Å². The lowest BCUT2D eigenvalue weighted by atomic mass is 10.2. The number of phenols is 1. The van der Waals surface area contributed by atoms with Gasteiger partial charge in [0.1, 0.15) is 5.75 Å². The molecule has 0 aliphatic rings. The number of amides is 2. The predicted octanol–water partition coefficient (Wildman–Crippen LogP) is 3.08. The normalized spacial score (nSPS) is 10.5. The van der Waals surface area contributed by atoms with Crippen molar-refractivity contribution in [1.29, 1.82) is 0 Å². The monoisotopic (exact) mass is 326 g/mol. The zero-order chi connectivity index (χ0) is 17.7. The summed E-state index contributed by atoms with van der Waals surface area (Å²) >= 11 is 0. The Balaban J connectivity index is 2.14. The summed E-state index contributed by atoms with van der Waals surface area (Å²) in [5.74, 6) is -1.46. The fourth-order valence-corrected chi connectivity index (χ4v) is 2.33. The van der Waals surface area contributed by atoms with E-state index in [2.05, 4.69) is 5.32 Å². The van der Waals surface area contributed by atoms with Crippen molar-refractivity contribution in [2.45, 2.75) is 33.4 Å². The number of nitrogens with zero attached hydrogens (tertiary/aromatic N) is 1. The smallest absolute Gasteiger partial charge is 0.314 e. The number of aryl methyl sites for hydroxylation is 1. The molecule has 2 aromatic rings. The van der Waals surface area contributed by atoms with E-state index in [1.54, 1.807) is 12.1 Å². The molecule has 2 amide bonds. The van der Waals surface area contributed by atoms with Crippen molar-refractivity contribution >= 4 is 17.5 Å². The van der Waals surface area contributed by atoms with Crippen LogP contribution in [0.25, 0.3) is 0 Å². The van der Waals surface area contributed by atoms with E-state index in [9.17, 15) is 14.7 Å². The van der Waals surface area contributed by atoms with Crippen molar-refractivity contribution in [1.82, 2.24) is 4.90 Å². The lowest BCUT2D eigenvalue weighted by molar-refractivity contribution is -0.144. The van der Waals surface area contributed by atoms with Gasteiger partial charge in [-0.25, -0.2) is 0 Å². The summed E-state index contributed by atoms with van der Waals surface area (Å²) in [6, 6.07) is 14.2. The molecule has 0 radical (unpaired) electrons. The van der Waals surface area contributed by atoms with E-state index in [1.165, 1.54) is 11.0 Å². The molecule has 0 heterocycles. The third kappa shape index (κ3) is 4.35. The number of anilines is 1. The van der Waals surface area contributed by atoms with Crippen LogP contribution >= 0.6 is 0 Å². The minimum atomic E-state index is -0.763. The molecule has 0 aromatic heterocycles. The molecular formula is C19H22N2O3. The molecule has 2 aromatic carbocycles. The SMILES string of the molecule is Cc1ccc(O)c(NC(=O)C(=O)N(Cc2ccccc2)C(C)C)c1. The molecule has 0 saturated heterocycles. The van der Waals surface area contributed by atoms with E-state index >= 15 is 0 Å². The first kappa shape index (κ1) is 17.5. The van der Waals surface area contributed by atoms with Crippen LogP contribution in [-0.4, -0.2) is 27.9 Å². The number of phenolic OH excluding ortho intramolecular Hbond substituents is 1. The average molecular weight is 326 g/mol. The zero-order valence-corrected chi connectivity index (χ0v) is 14.1. The van der Waals surface area contributed by atoms with Crippen LogP contribution in [0.2, 0.25) is 0 Å². The van der Waals surface area contributed by atoms with Gasteiger partial charge in [0, 0.05) is 12.6 Å². The maximum Gasteiger partial charge on any atom is 0.314 e. The molecule has 2 rings (SSSR count). The maximum atomic E-state index is 12.5. The third-order valence-corrected chi connectivity index (χ3v) is 3.67. The minimum absolute atomic E-state index is 0.0686. The van der Waals surface area contributed by atoms with E-state index in [0.29, 0.717) is 6.54 Å². The van der Waals surface area contributed by atoms with Crippen LogP contribution in [0.3, 0.4) is 0 Å². The van der Waals surface area contributed by atoms with Crippen LogP contribution in [0.5, 0.6) is 5.75 Å². The van der Waals surface area contributed by atoms with Crippen LogP contribution < -0.4 is 5.32 Å². The Morgan fingerprint density at radius 3 is 2.42 bits per heavy atom. The quantitative estimate of drug-likeness (QED) is 0.670. The summed E-state index contributed by atoms with van der Waals surface area (Å²) in [6.07, 6.45) is 0. The topological polar surface area (TPSA) is 69.6 Å². The van der Waals surface area contributed by atoms with Gasteiger partial charge < -0.3 is 15.3 Å². The first-order valence-corrected chi connectivity index (χ1v) is 7.84. The second-order valence-electron chi connectivity index (χ2n) is 5.99. The lowest BCUT2D eigenvalue weighted by Gasteiger charge is -2.26. The van der Waals surface area contributed by atoms with Gasteiger partial charge in [-0.2, -0.15) is 0 Å². The molecule has 0 aliphatic carbocycles. The van der Waals surface area contributed by atoms with Gasteiger partial charge in [0.15, 0.2) is 0 Å². The summed E-state index contributed by atoms with van der Waals surface area (Å²) in [4.78, 5) is 26.3. The number of benzene rings is 2. The van der Waals surface area contributed by atoms with E-state index in [4.69, 9.17) is 0 Å². The Morgan fingerprint density at radius 1 is 1.12 bits per heavy atom. The molecule has 0 aliphatic heterocycles. The molecule has 5 nitrogen and oxygen atoms in total. The highest BCUT2D eigenvalue weighted by molar-refractivity contribution is 6.39. The molecule has 0 unspecified atom stereocenters. The second kappa shape index (κ2) is 7.64. The number of rotatable bonds is 4. The van der Waals surface area contributed by atoms with Crippen molar-refractivity contribution in [3.8, 4) is 5.75 Å². The third-order valence-electron chi connectivity index (χ3n) is 3.67. The van der Waals surface area contributed by atoms with Gasteiger partial charge in [-0.3, -0.25) is 9.59 Å². The number of hydrogen-bond acceptors (Lipinski definition) is 3. The average Bonchev–Trinajstić information content (AvgIpc) is 2.56. The molecule has 0 spiro atoms. The van der Waals surface area contributed by atoms with Gasteiger partial charge in [-0.05, 0) is 44.0 Å². The van der Waals surface area contributed by atoms with Crippen LogP contribution in [0, 0.1) is 6.92 Å². The zero-order valence-electron chi connectivity index (χ0n) is 14.1. The number of aromatic hydroxyl groups is 1. The second-order valence-corrected chi connectivity index (χ2v) is 5.99. The molecule has 24 heavy (non-hydrogen) atoms. The van der Waals surface area contributed by atoms with E-state index < -0.39 is 11.8 Å². The maximum absolute atomic E-state index is 12.5. The highest BCUT2D eigenvalue weighted by Gasteiger charge is 2.25. The molecule has 0 saturated carbocycles. The van der Waals surface area contributed by atoms with Crippen molar-refractivity contribution < 1.29 is 14.7 Å². The molecule has 0 bridgehead atoms. The van der Waals surface area contributed by atoms with Gasteiger partial charge in [-0.1, -0.05) is 36.4 Å². The molecule has 0 fully saturated rings. The highest BCUT2D eigenvalue weighted by Crippen LogP contribution is 2.24. The fraction of sp³-hybridized carbons (Fsp3) is 0.263. The Labute approximate surface area is 141 Å². The number of nitrogens with one attached hydrogen (secondary N) is 1. The number of carbonyl (C=O) groups is 2. The summed E-state index contributed by atoms with van der Waals surface area (Å²) in [5.41, 5.74) is 2.06. The van der Waals surface area contributed by atoms with Gasteiger partial charge in [0.2, 0.25) is 0 Å². The van der Waals surface area contributed by atoms with Crippen molar-refractivity contribution in [3.05, 3.63) is 59.7 Å². The summed E-state index contributed by atoms with van der Waals surface area (Å²) in [7, 11) is 0. The molecular weight excluding hydrogens is 304 g/mol. The fourth-order valence-electron chi connectivity index (χ4n) is 2.33. The summed E-state index contributed by atoms with van der Waals surface area (Å²) < 4.78 is 0. The van der Waals surface area contributed by atoms with E-state index in [1.807, 2.05) is 51.1 Å². The number of carbonyl (C=O) groups excluding carboxylic acids is 2. The van der Waals surface area contributed by atoms with Gasteiger partial charge in [0.25, 0.3) is 0 Å². The minimum Gasteiger partial charge on any atom is -0.506 e. The van der Waals surface area contributed by atoms with Crippen LogP contribution in [-0.2, 0) is 16.1 Å². The van der Waals surface area contributed by atoms with E-state index in [0.717, 1.165) is 11.1 Å². The Hall–Kier alpha value is -2.82. The predicted molar refractivity (Wildman–Crippen MR) is 93.6 cm³/mol. The Kier molecular flexibility index (Phi) is 5.58. The van der Waals surface area contributed by atoms with Crippen LogP contribution in [0.1, 0.15) is 25.0 Å². The van der Waals surface area contributed by atoms with E-state index in [-0.39, 0.29) is 17.5 Å². The van der Waals surface area contributed by atoms with Gasteiger partial charge in [0.05, 0.1) is 5.69 Å². The molecule has 126 valence electrons. The highest BCUT2D eigenvalue weighted by atomic mass is 16.3. The molecule has 0 atom stereocenters. The summed E-state index contributed by atoms with van der Waals surface area (Å²) in [5, 5.41) is 12.3. The number of hydrogen-bond donors (Lipinski definition) is 2. The molecule has 5 heteroatoms. The van der Waals surface area contributed by atoms with Crippen molar-refractivity contribution in [2.24, 2.45) is 0 Å². The first-order valence-electron chi connectivity index (χ1n) is 7.84. The largest absolute Gasteiger partial charge is 0.506 e. The Morgan fingerprint density at radius 2 is 1.79 bits per heavy atom. The van der Waals surface area contributed by atoms with Gasteiger partial charge >= 0.3 is 11.8 Å². The van der Waals surface area contributed by atoms with Crippen LogP contribution in [0.4, 0.5) is 5.69 Å². The van der Waals surface area contributed by atoms with Crippen molar-refractivity contribution in [2.75, 3.05) is 5.32 Å².